The number of anilines is 1. The first-order chi connectivity index (χ1) is 27.7. The molecule has 15 heteroatoms. The first-order valence-electron chi connectivity index (χ1n) is 19.1. The monoisotopic (exact) mass is 803 g/mol. The number of aromatic nitrogens is 1. The summed E-state index contributed by atoms with van der Waals surface area (Å²) in [6.45, 7) is 2.66. The number of ether oxygens (including phenoxy) is 3. The number of nitrogens with zero attached hydrogens (tertiary/aromatic N) is 2. The predicted octanol–water partition coefficient (Wildman–Crippen LogP) is 5.04. The van der Waals surface area contributed by atoms with Gasteiger partial charge >= 0.3 is 0 Å². The molecule has 3 aromatic carbocycles. The van der Waals surface area contributed by atoms with E-state index in [4.69, 9.17) is 32.2 Å². The molecule has 0 spiro atoms. The molecule has 0 saturated heterocycles. The van der Waals surface area contributed by atoms with E-state index in [9.17, 15) is 28.0 Å². The van der Waals surface area contributed by atoms with Gasteiger partial charge in [0, 0.05) is 72.4 Å². The van der Waals surface area contributed by atoms with Crippen molar-refractivity contribution in [2.45, 2.75) is 38.4 Å². The van der Waals surface area contributed by atoms with Crippen LogP contribution in [0, 0.1) is 5.92 Å². The third kappa shape index (κ3) is 10.1. The molecule has 0 bridgehead atoms. The lowest BCUT2D eigenvalue weighted by Crippen LogP contribution is -2.47. The first kappa shape index (κ1) is 41.7. The van der Waals surface area contributed by atoms with E-state index >= 15 is 0 Å². The number of carbonyl (C=O) groups is 4. The number of rotatable bonds is 22. The van der Waals surface area contributed by atoms with Crippen LogP contribution in [-0.4, -0.2) is 110 Å². The molecule has 1 fully saturated rings. The van der Waals surface area contributed by atoms with Gasteiger partial charge in [0.25, 0.3) is 11.8 Å². The Morgan fingerprint density at radius 3 is 2.30 bits per heavy atom. The maximum absolute atomic E-state index is 13.5. The lowest BCUT2D eigenvalue weighted by atomic mass is 9.92. The summed E-state index contributed by atoms with van der Waals surface area (Å²) in [6, 6.07) is 17.8. The molecule has 6 rings (SSSR count). The fourth-order valence-corrected chi connectivity index (χ4v) is 7.26. The highest BCUT2D eigenvalue weighted by atomic mass is 32.1. The highest BCUT2D eigenvalue weighted by molar-refractivity contribution is 7.80. The molecule has 1 unspecified atom stereocenters. The number of thiocarbonyl (C=S) groups is 1. The number of benzene rings is 3. The van der Waals surface area contributed by atoms with Crippen LogP contribution in [0.1, 0.15) is 51.1 Å². The molecule has 2 heterocycles. The van der Waals surface area contributed by atoms with E-state index in [0.717, 1.165) is 38.1 Å². The van der Waals surface area contributed by atoms with Gasteiger partial charge in [0.1, 0.15) is 10.8 Å². The Hall–Kier alpha value is -4.93. The van der Waals surface area contributed by atoms with Gasteiger partial charge in [-0.2, -0.15) is 0 Å². The van der Waals surface area contributed by atoms with Gasteiger partial charge in [-0.15, -0.1) is 0 Å². The zero-order chi connectivity index (χ0) is 40.3. The summed E-state index contributed by atoms with van der Waals surface area (Å²) < 4.78 is 45.9. The molecule has 57 heavy (non-hydrogen) atoms. The van der Waals surface area contributed by atoms with Crippen LogP contribution in [0.25, 0.3) is 22.0 Å². The van der Waals surface area contributed by atoms with E-state index in [1.54, 1.807) is 18.2 Å². The Balaban J connectivity index is 0.864. The summed E-state index contributed by atoms with van der Waals surface area (Å²) in [5, 5.41) is 7.50. The van der Waals surface area contributed by atoms with Crippen LogP contribution in [0.15, 0.2) is 66.9 Å². The first-order valence-corrected chi connectivity index (χ1v) is 19.5. The van der Waals surface area contributed by atoms with Crippen LogP contribution in [-0.2, 0) is 36.9 Å². The van der Waals surface area contributed by atoms with Crippen LogP contribution in [0.5, 0.6) is 0 Å². The Labute approximate surface area is 335 Å². The van der Waals surface area contributed by atoms with Gasteiger partial charge in [-0.25, -0.2) is 0 Å². The number of hydrogen-bond acceptors (Lipinski definition) is 10. The Bertz CT molecular complexity index is 2110. The molecule has 1 aliphatic heterocycles. The van der Waals surface area contributed by atoms with Crippen LogP contribution in [0.4, 0.5) is 14.5 Å². The number of hydrogen-bond donors (Lipinski definition) is 3. The number of carbonyl (C=O) groups excluding carboxylic acids is 4. The van der Waals surface area contributed by atoms with E-state index in [0.29, 0.717) is 70.0 Å². The normalized spacial score (nSPS) is 15.6. The maximum Gasteiger partial charge on any atom is 0.264 e. The largest absolute Gasteiger partial charge is 0.389 e. The third-order valence-electron chi connectivity index (χ3n) is 10.1. The van der Waals surface area contributed by atoms with Crippen LogP contribution < -0.4 is 16.4 Å². The number of Topliss-reactive ketones (excluding diaryl/α,β-unsaturated/α-hetero) is 2. The van der Waals surface area contributed by atoms with E-state index in [2.05, 4.69) is 10.6 Å². The van der Waals surface area contributed by atoms with Gasteiger partial charge in [-0.1, -0.05) is 48.6 Å². The Morgan fingerprint density at radius 1 is 0.860 bits per heavy atom. The summed E-state index contributed by atoms with van der Waals surface area (Å²) in [4.78, 5) is 51.7. The number of alkyl halides is 2. The lowest BCUT2D eigenvalue weighted by Gasteiger charge is -2.27. The number of ketones is 2. The lowest BCUT2D eigenvalue weighted by molar-refractivity contribution is -0.132. The average molecular weight is 804 g/mol. The number of fused-ring (bicyclic) bond motifs is 2. The maximum atomic E-state index is 13.5. The molecule has 2 amide bonds. The van der Waals surface area contributed by atoms with E-state index in [1.165, 1.54) is 0 Å². The minimum absolute atomic E-state index is 0.155. The van der Waals surface area contributed by atoms with Gasteiger partial charge in [0.15, 0.2) is 5.78 Å². The molecule has 12 nitrogen and oxygen atoms in total. The number of nitrogens with two attached hydrogens (primary N) is 1. The minimum Gasteiger partial charge on any atom is -0.389 e. The summed E-state index contributed by atoms with van der Waals surface area (Å²) in [6.07, 6.45) is 2.00. The average Bonchev–Trinajstić information content (AvgIpc) is 3.70. The van der Waals surface area contributed by atoms with Crippen LogP contribution in [0.3, 0.4) is 0 Å². The molecule has 0 radical (unpaired) electrons. The molecule has 302 valence electrons. The molecule has 1 atom stereocenters. The zero-order valence-corrected chi connectivity index (χ0v) is 32.4. The van der Waals surface area contributed by atoms with Crippen LogP contribution >= 0.6 is 12.2 Å². The second-order valence-electron chi connectivity index (χ2n) is 14.1. The molecular formula is C42H47F2N5O7S. The minimum atomic E-state index is -0.913. The van der Waals surface area contributed by atoms with E-state index in [1.807, 2.05) is 53.2 Å². The summed E-state index contributed by atoms with van der Waals surface area (Å²) in [5.74, 6) is -2.36. The van der Waals surface area contributed by atoms with Crippen molar-refractivity contribution in [3.63, 3.8) is 0 Å². The molecule has 4 N–H and O–H groups in total. The summed E-state index contributed by atoms with van der Waals surface area (Å²) in [7, 11) is 0. The van der Waals surface area contributed by atoms with Gasteiger partial charge < -0.3 is 35.1 Å². The van der Waals surface area contributed by atoms with Gasteiger partial charge in [-0.05, 0) is 41.8 Å². The Kier molecular flexibility index (Phi) is 14.6. The fraction of sp³-hybridized carbons (Fsp3) is 0.405. The summed E-state index contributed by atoms with van der Waals surface area (Å²) >= 11 is 5.17. The van der Waals surface area contributed by atoms with Gasteiger partial charge in [-0.3, -0.25) is 32.9 Å². The van der Waals surface area contributed by atoms with Gasteiger partial charge in [0.2, 0.25) is 0 Å². The standard InChI is InChI=1S/C42H47F2N5O7S/c43-22-28(23-44)25-48-26-34(29-3-1-4-30(20-29)40(45)57)32-9-7-27(19-37(32)48)24-46-11-13-54-15-17-56-18-16-55-14-12-47-35-6-2-5-33-39(35)42(53)49(41(33)52)36-10-8-31(50)21-38(36)51/h1-7,9,19-20,26,28,36,46-47H,8,10-18,21-25H2,(H2,45,57). The second-order valence-corrected chi connectivity index (χ2v) is 14.5. The smallest absolute Gasteiger partial charge is 0.264 e. The number of halogens is 2. The van der Waals surface area contributed by atoms with Crippen molar-refractivity contribution in [3.05, 3.63) is 89.1 Å². The molecule has 1 aliphatic carbocycles. The highest BCUT2D eigenvalue weighted by Gasteiger charge is 2.45. The number of amides is 2. The van der Waals surface area contributed by atoms with Crippen molar-refractivity contribution in [3.8, 4) is 11.1 Å². The number of nitrogens with one attached hydrogen (secondary N) is 2. The van der Waals surface area contributed by atoms with Crippen molar-refractivity contribution in [1.82, 2.24) is 14.8 Å². The van der Waals surface area contributed by atoms with E-state index < -0.39 is 42.9 Å². The topological polar surface area (TPSA) is 154 Å². The van der Waals surface area contributed by atoms with Crippen molar-refractivity contribution in [2.75, 3.05) is 71.4 Å². The highest BCUT2D eigenvalue weighted by Crippen LogP contribution is 2.34. The quantitative estimate of drug-likeness (QED) is 0.0424. The second kappa shape index (κ2) is 20.0. The Morgan fingerprint density at radius 2 is 1.58 bits per heavy atom. The molecule has 1 saturated carbocycles. The zero-order valence-electron chi connectivity index (χ0n) is 31.6. The van der Waals surface area contributed by atoms with Crippen molar-refractivity contribution in [1.29, 1.82) is 0 Å². The van der Waals surface area contributed by atoms with Crippen LogP contribution in [0.2, 0.25) is 0 Å². The molecular weight excluding hydrogens is 757 g/mol. The molecule has 4 aromatic rings. The fourth-order valence-electron chi connectivity index (χ4n) is 7.13. The summed E-state index contributed by atoms with van der Waals surface area (Å²) in [5.41, 5.74) is 11.3. The number of imide groups is 1. The SMILES string of the molecule is NC(=S)c1cccc(-c2cn(CC(CF)CF)c3cc(CNCCOCCOCCOCCNc4cccc5c4C(=O)N(C4CCC(=O)CC4=O)C5=O)ccc23)c1. The molecule has 2 aliphatic rings. The van der Waals surface area contributed by atoms with Gasteiger partial charge in [0.05, 0.1) is 76.6 Å². The van der Waals surface area contributed by atoms with E-state index in [-0.39, 0.29) is 42.7 Å². The molecule has 1 aromatic heterocycles. The van der Waals surface area contributed by atoms with Crippen molar-refractivity contribution < 1.29 is 42.2 Å². The van der Waals surface area contributed by atoms with Crippen molar-refractivity contribution >= 4 is 57.2 Å². The predicted molar refractivity (Wildman–Crippen MR) is 216 cm³/mol. The third-order valence-corrected chi connectivity index (χ3v) is 10.3. The van der Waals surface area contributed by atoms with Crippen molar-refractivity contribution in [2.24, 2.45) is 11.7 Å².